The van der Waals surface area contributed by atoms with Crippen molar-refractivity contribution in [2.24, 2.45) is 0 Å². The number of esters is 2. The van der Waals surface area contributed by atoms with Crippen molar-refractivity contribution >= 4 is 35.5 Å². The molecule has 0 aromatic heterocycles. The molecule has 0 amide bonds. The van der Waals surface area contributed by atoms with Gasteiger partial charge in [0.25, 0.3) is 0 Å². The number of thioether (sulfide) groups is 2. The van der Waals surface area contributed by atoms with Crippen LogP contribution in [0.1, 0.15) is 53.9 Å². The van der Waals surface area contributed by atoms with Gasteiger partial charge < -0.3 is 28.4 Å². The first-order chi connectivity index (χ1) is 21.1. The van der Waals surface area contributed by atoms with Crippen LogP contribution in [0.25, 0.3) is 0 Å². The van der Waals surface area contributed by atoms with E-state index in [1.807, 2.05) is 55.9 Å². The molecule has 8 nitrogen and oxygen atoms in total. The summed E-state index contributed by atoms with van der Waals surface area (Å²) in [6.45, 7) is 15.8. The maximum Gasteiger partial charge on any atom is 0.333 e. The quantitative estimate of drug-likeness (QED) is 0.0466. The average molecular weight is 651 g/mol. The Kier molecular flexibility index (Phi) is 19.4. The molecule has 0 radical (unpaired) electrons. The summed E-state index contributed by atoms with van der Waals surface area (Å²) >= 11 is 3.47. The molecule has 1 heterocycles. The van der Waals surface area contributed by atoms with Gasteiger partial charge in [-0.2, -0.15) is 0 Å². The van der Waals surface area contributed by atoms with Crippen LogP contribution in [0.3, 0.4) is 0 Å². The SMILES string of the molecule is C=C(C)C(=O)OCCCC(=O)OC(COC(C)C)CSc1ccccc1.CC(C)OCC(CSC1=CCC=C1)OCC1CO1. The third-order valence-electron chi connectivity index (χ3n) is 5.91. The molecule has 0 saturated carbocycles. The van der Waals surface area contributed by atoms with Gasteiger partial charge in [-0.1, -0.05) is 43.0 Å². The molecule has 3 unspecified atom stereocenters. The van der Waals surface area contributed by atoms with Crippen LogP contribution >= 0.6 is 23.5 Å². The lowest BCUT2D eigenvalue weighted by molar-refractivity contribution is -0.152. The largest absolute Gasteiger partial charge is 0.462 e. The maximum absolute atomic E-state index is 12.0. The average Bonchev–Trinajstić information content (AvgIpc) is 3.68. The highest BCUT2D eigenvalue weighted by atomic mass is 32.2. The highest BCUT2D eigenvalue weighted by Gasteiger charge is 2.24. The summed E-state index contributed by atoms with van der Waals surface area (Å²) in [6, 6.07) is 9.94. The Morgan fingerprint density at radius 2 is 1.64 bits per heavy atom. The molecule has 1 aromatic rings. The molecule has 44 heavy (non-hydrogen) atoms. The summed E-state index contributed by atoms with van der Waals surface area (Å²) in [5.74, 6) is 0.797. The molecule has 3 atom stereocenters. The highest BCUT2D eigenvalue weighted by Crippen LogP contribution is 2.24. The minimum absolute atomic E-state index is 0.0690. The zero-order valence-electron chi connectivity index (χ0n) is 26.9. The predicted octanol–water partition coefficient (Wildman–Crippen LogP) is 6.79. The molecule has 10 heteroatoms. The number of allylic oxidation sites excluding steroid dienone is 3. The van der Waals surface area contributed by atoms with E-state index in [2.05, 4.69) is 38.7 Å². The molecule has 3 rings (SSSR count). The van der Waals surface area contributed by atoms with E-state index < -0.39 is 5.97 Å². The smallest absolute Gasteiger partial charge is 0.333 e. The fourth-order valence-electron chi connectivity index (χ4n) is 3.46. The Labute approximate surface area is 272 Å². The zero-order valence-corrected chi connectivity index (χ0v) is 28.5. The number of rotatable bonds is 21. The van der Waals surface area contributed by atoms with Crippen molar-refractivity contribution in [1.29, 1.82) is 0 Å². The van der Waals surface area contributed by atoms with Crippen molar-refractivity contribution in [3.63, 3.8) is 0 Å². The van der Waals surface area contributed by atoms with Crippen molar-refractivity contribution in [1.82, 2.24) is 0 Å². The van der Waals surface area contributed by atoms with Crippen LogP contribution < -0.4 is 0 Å². The molecule has 246 valence electrons. The number of benzene rings is 1. The molecule has 1 aliphatic heterocycles. The second-order valence-corrected chi connectivity index (χ2v) is 13.2. The van der Waals surface area contributed by atoms with Crippen molar-refractivity contribution in [2.45, 2.75) is 89.3 Å². The first-order valence-electron chi connectivity index (χ1n) is 15.3. The third-order valence-corrected chi connectivity index (χ3v) is 8.23. The number of hydrogen-bond donors (Lipinski definition) is 0. The van der Waals surface area contributed by atoms with Gasteiger partial charge in [-0.05, 0) is 59.6 Å². The first-order valence-corrected chi connectivity index (χ1v) is 17.2. The van der Waals surface area contributed by atoms with E-state index in [1.165, 1.54) is 4.91 Å². The minimum atomic E-state index is -0.444. The van der Waals surface area contributed by atoms with Crippen LogP contribution in [0.15, 0.2) is 70.5 Å². The Hall–Kier alpha value is -2.08. The monoisotopic (exact) mass is 650 g/mol. The predicted molar refractivity (Wildman–Crippen MR) is 178 cm³/mol. The van der Waals surface area contributed by atoms with Gasteiger partial charge in [-0.3, -0.25) is 4.79 Å². The normalized spacial score (nSPS) is 16.6. The number of carbonyl (C=O) groups is 2. The van der Waals surface area contributed by atoms with Gasteiger partial charge >= 0.3 is 11.9 Å². The molecule has 1 saturated heterocycles. The molecule has 1 aliphatic carbocycles. The van der Waals surface area contributed by atoms with Gasteiger partial charge in [0, 0.05) is 33.3 Å². The van der Waals surface area contributed by atoms with Crippen molar-refractivity contribution in [3.05, 3.63) is 65.6 Å². The first kappa shape index (κ1) is 38.1. The van der Waals surface area contributed by atoms with Gasteiger partial charge in [0.15, 0.2) is 0 Å². The van der Waals surface area contributed by atoms with E-state index in [9.17, 15) is 9.59 Å². The molecule has 1 fully saturated rings. The second kappa shape index (κ2) is 22.4. The van der Waals surface area contributed by atoms with Crippen LogP contribution in [-0.2, 0) is 38.0 Å². The van der Waals surface area contributed by atoms with Gasteiger partial charge in [-0.25, -0.2) is 4.79 Å². The molecule has 0 bridgehead atoms. The molecule has 0 N–H and O–H groups in total. The molecular weight excluding hydrogens is 601 g/mol. The Bertz CT molecular complexity index is 1030. The van der Waals surface area contributed by atoms with Crippen molar-refractivity contribution in [3.8, 4) is 0 Å². The Morgan fingerprint density at radius 1 is 0.977 bits per heavy atom. The van der Waals surface area contributed by atoms with E-state index >= 15 is 0 Å². The molecular formula is C34H50O8S2. The van der Waals surface area contributed by atoms with E-state index in [1.54, 1.807) is 18.7 Å². The lowest BCUT2D eigenvalue weighted by atomic mass is 10.3. The van der Waals surface area contributed by atoms with E-state index in [-0.39, 0.29) is 43.4 Å². The zero-order chi connectivity index (χ0) is 32.2. The summed E-state index contributed by atoms with van der Waals surface area (Å²) < 4.78 is 32.8. The van der Waals surface area contributed by atoms with Crippen molar-refractivity contribution in [2.75, 3.05) is 44.5 Å². The Morgan fingerprint density at radius 3 is 2.23 bits per heavy atom. The van der Waals surface area contributed by atoms with Crippen LogP contribution in [0.5, 0.6) is 0 Å². The summed E-state index contributed by atoms with van der Waals surface area (Å²) in [4.78, 5) is 25.8. The van der Waals surface area contributed by atoms with E-state index in [4.69, 9.17) is 28.4 Å². The lowest BCUT2D eigenvalue weighted by Gasteiger charge is -2.19. The topological polar surface area (TPSA) is 92.8 Å². The third kappa shape index (κ3) is 19.3. The van der Waals surface area contributed by atoms with Crippen LogP contribution in [0.2, 0.25) is 0 Å². The molecule has 1 aromatic carbocycles. The van der Waals surface area contributed by atoms with Crippen LogP contribution in [0, 0.1) is 0 Å². The number of epoxide rings is 1. The standard InChI is InChI=1S/C20H28O5S.C14H22O3S/c1-15(2)20(22)23-12-8-11-19(21)25-17(13-24-16(3)4)14-26-18-9-6-5-7-10-18;1-11(2)15-9-13(17-8-12-7-16-12)10-18-14-5-3-4-6-14/h5-7,9-10,16-17H,1,8,11-14H2,2-4H3;3,5-6,11-13H,4,7-10H2,1-2H3. The molecule has 2 aliphatic rings. The summed E-state index contributed by atoms with van der Waals surface area (Å²) in [7, 11) is 0. The van der Waals surface area contributed by atoms with Crippen molar-refractivity contribution < 1.29 is 38.0 Å². The van der Waals surface area contributed by atoms with Gasteiger partial charge in [0.2, 0.25) is 0 Å². The number of carbonyl (C=O) groups excluding carboxylic acids is 2. The lowest BCUT2D eigenvalue weighted by Crippen LogP contribution is -2.27. The fraction of sp³-hybridized carbons (Fsp3) is 0.588. The minimum Gasteiger partial charge on any atom is -0.462 e. The Balaban J connectivity index is 0.000000326. The van der Waals surface area contributed by atoms with Gasteiger partial charge in [-0.15, -0.1) is 23.5 Å². The molecule has 0 spiro atoms. The number of hydrogen-bond acceptors (Lipinski definition) is 10. The van der Waals surface area contributed by atoms with Crippen LogP contribution in [0.4, 0.5) is 0 Å². The van der Waals surface area contributed by atoms with Gasteiger partial charge in [0.1, 0.15) is 12.2 Å². The summed E-state index contributed by atoms with van der Waals surface area (Å²) in [5.41, 5.74) is 0.344. The maximum atomic E-state index is 12.0. The second-order valence-electron chi connectivity index (χ2n) is 11.0. The summed E-state index contributed by atoms with van der Waals surface area (Å²) in [6.07, 6.45) is 8.74. The highest BCUT2D eigenvalue weighted by molar-refractivity contribution is 8.03. The van der Waals surface area contributed by atoms with Gasteiger partial charge in [0.05, 0.1) is 51.3 Å². The number of ether oxygens (including phenoxy) is 6. The van der Waals surface area contributed by atoms with Crippen LogP contribution in [-0.4, -0.2) is 87.0 Å². The summed E-state index contributed by atoms with van der Waals surface area (Å²) in [5, 5.41) is 0. The van der Waals surface area contributed by atoms with E-state index in [0.717, 1.165) is 23.7 Å². The fourth-order valence-corrected chi connectivity index (χ4v) is 5.33. The van der Waals surface area contributed by atoms with E-state index in [0.29, 0.717) is 43.7 Å².